The molecule has 2 aromatic carbocycles. The standard InChI is InChI=1S/C23H26N2O6S/c1-24(19-9-11-20(30-3)12-10-19)32(27,28)22-8-4-6-18(16-22)23(26)25(13-15-29-2)17-21-7-5-14-31-21/h4-12,14,16H,13,15,17H2,1-3H3. The van der Waals surface area contributed by atoms with Gasteiger partial charge < -0.3 is 18.8 Å². The van der Waals surface area contributed by atoms with Gasteiger partial charge in [0.15, 0.2) is 0 Å². The summed E-state index contributed by atoms with van der Waals surface area (Å²) in [5.41, 5.74) is 0.735. The van der Waals surface area contributed by atoms with Crippen LogP contribution in [0.1, 0.15) is 16.1 Å². The highest BCUT2D eigenvalue weighted by atomic mass is 32.2. The van der Waals surface area contributed by atoms with E-state index in [0.29, 0.717) is 30.3 Å². The molecule has 1 aromatic heterocycles. The van der Waals surface area contributed by atoms with E-state index >= 15 is 0 Å². The Morgan fingerprint density at radius 1 is 1.03 bits per heavy atom. The van der Waals surface area contributed by atoms with Crippen LogP contribution in [0, 0.1) is 0 Å². The van der Waals surface area contributed by atoms with Gasteiger partial charge in [-0.05, 0) is 54.6 Å². The Kier molecular flexibility index (Phi) is 7.55. The van der Waals surface area contributed by atoms with Crippen molar-refractivity contribution in [1.82, 2.24) is 4.90 Å². The number of hydrogen-bond acceptors (Lipinski definition) is 6. The quantitative estimate of drug-likeness (QED) is 0.463. The molecule has 8 nitrogen and oxygen atoms in total. The van der Waals surface area contributed by atoms with Crippen LogP contribution in [0.3, 0.4) is 0 Å². The monoisotopic (exact) mass is 458 g/mol. The molecule has 0 aliphatic heterocycles. The van der Waals surface area contributed by atoms with E-state index < -0.39 is 10.0 Å². The van der Waals surface area contributed by atoms with Gasteiger partial charge in [0, 0.05) is 26.3 Å². The summed E-state index contributed by atoms with van der Waals surface area (Å²) in [4.78, 5) is 14.7. The Morgan fingerprint density at radius 3 is 2.41 bits per heavy atom. The predicted octanol–water partition coefficient (Wildman–Crippen LogP) is 3.40. The first-order valence-electron chi connectivity index (χ1n) is 9.90. The molecule has 1 amide bonds. The lowest BCUT2D eigenvalue weighted by molar-refractivity contribution is 0.0666. The third-order valence-electron chi connectivity index (χ3n) is 4.95. The summed E-state index contributed by atoms with van der Waals surface area (Å²) in [5, 5.41) is 0. The number of anilines is 1. The van der Waals surface area contributed by atoms with Crippen molar-refractivity contribution in [1.29, 1.82) is 0 Å². The molecule has 3 rings (SSSR count). The summed E-state index contributed by atoms with van der Waals surface area (Å²) >= 11 is 0. The van der Waals surface area contributed by atoms with E-state index in [1.54, 1.807) is 67.7 Å². The van der Waals surface area contributed by atoms with Crippen LogP contribution in [0.5, 0.6) is 5.75 Å². The number of carbonyl (C=O) groups is 1. The molecule has 0 aliphatic rings. The van der Waals surface area contributed by atoms with Crippen molar-refractivity contribution in [3.8, 4) is 5.75 Å². The Hall–Kier alpha value is -3.30. The highest BCUT2D eigenvalue weighted by Gasteiger charge is 2.24. The molecule has 9 heteroatoms. The highest BCUT2D eigenvalue weighted by molar-refractivity contribution is 7.92. The maximum Gasteiger partial charge on any atom is 0.264 e. The second-order valence-corrected chi connectivity index (χ2v) is 8.97. The van der Waals surface area contributed by atoms with Crippen molar-refractivity contribution in [3.05, 3.63) is 78.3 Å². The van der Waals surface area contributed by atoms with Crippen LogP contribution in [0.4, 0.5) is 5.69 Å². The number of sulfonamides is 1. The lowest BCUT2D eigenvalue weighted by Crippen LogP contribution is -2.33. The second kappa shape index (κ2) is 10.3. The average Bonchev–Trinajstić information content (AvgIpc) is 3.34. The van der Waals surface area contributed by atoms with Gasteiger partial charge in [-0.2, -0.15) is 0 Å². The molecule has 0 spiro atoms. The average molecular weight is 459 g/mol. The van der Waals surface area contributed by atoms with Gasteiger partial charge in [-0.1, -0.05) is 6.07 Å². The van der Waals surface area contributed by atoms with E-state index in [4.69, 9.17) is 13.9 Å². The summed E-state index contributed by atoms with van der Waals surface area (Å²) in [6, 6.07) is 16.2. The van der Waals surface area contributed by atoms with Crippen molar-refractivity contribution in [2.45, 2.75) is 11.4 Å². The first kappa shape index (κ1) is 23.4. The number of ether oxygens (including phenoxy) is 2. The number of nitrogens with zero attached hydrogens (tertiary/aromatic N) is 2. The van der Waals surface area contributed by atoms with Gasteiger partial charge in [-0.25, -0.2) is 8.42 Å². The zero-order valence-electron chi connectivity index (χ0n) is 18.2. The van der Waals surface area contributed by atoms with Gasteiger partial charge in [0.25, 0.3) is 15.9 Å². The van der Waals surface area contributed by atoms with Crippen molar-refractivity contribution in [2.75, 3.05) is 38.7 Å². The molecule has 1 heterocycles. The first-order chi connectivity index (χ1) is 15.4. The number of methoxy groups -OCH3 is 2. The number of amides is 1. The Balaban J connectivity index is 1.86. The molecular formula is C23H26N2O6S. The molecule has 170 valence electrons. The molecule has 0 atom stereocenters. The van der Waals surface area contributed by atoms with Gasteiger partial charge in [-0.3, -0.25) is 9.10 Å². The fourth-order valence-electron chi connectivity index (χ4n) is 3.11. The maximum atomic E-state index is 13.2. The fourth-order valence-corrected chi connectivity index (χ4v) is 4.35. The second-order valence-electron chi connectivity index (χ2n) is 7.00. The predicted molar refractivity (Wildman–Crippen MR) is 120 cm³/mol. The van der Waals surface area contributed by atoms with Gasteiger partial charge >= 0.3 is 0 Å². The van der Waals surface area contributed by atoms with Gasteiger partial charge in [0.1, 0.15) is 11.5 Å². The molecule has 0 aliphatic carbocycles. The first-order valence-corrected chi connectivity index (χ1v) is 11.3. The molecule has 0 bridgehead atoms. The fraction of sp³-hybridized carbons (Fsp3) is 0.261. The third kappa shape index (κ3) is 5.30. The maximum absolute atomic E-state index is 13.2. The molecule has 0 unspecified atom stereocenters. The third-order valence-corrected chi connectivity index (χ3v) is 6.74. The minimum absolute atomic E-state index is 0.0198. The van der Waals surface area contributed by atoms with Crippen LogP contribution in [-0.2, 0) is 21.3 Å². The number of benzene rings is 2. The summed E-state index contributed by atoms with van der Waals surface area (Å²) in [5.74, 6) is 0.930. The summed E-state index contributed by atoms with van der Waals surface area (Å²) in [6.45, 7) is 0.918. The lowest BCUT2D eigenvalue weighted by atomic mass is 10.2. The van der Waals surface area contributed by atoms with Gasteiger partial charge in [0.05, 0.1) is 37.1 Å². The van der Waals surface area contributed by atoms with Gasteiger partial charge in [-0.15, -0.1) is 0 Å². The Bertz CT molecular complexity index is 1130. The number of furan rings is 1. The van der Waals surface area contributed by atoms with Crippen molar-refractivity contribution < 1.29 is 27.1 Å². The minimum atomic E-state index is -3.88. The van der Waals surface area contributed by atoms with Crippen LogP contribution < -0.4 is 9.04 Å². The zero-order chi connectivity index (χ0) is 23.1. The molecule has 3 aromatic rings. The van der Waals surface area contributed by atoms with Crippen molar-refractivity contribution in [2.24, 2.45) is 0 Å². The van der Waals surface area contributed by atoms with Gasteiger partial charge in [0.2, 0.25) is 0 Å². The van der Waals surface area contributed by atoms with Crippen LogP contribution >= 0.6 is 0 Å². The molecule has 0 N–H and O–H groups in total. The van der Waals surface area contributed by atoms with E-state index in [0.717, 1.165) is 0 Å². The van der Waals surface area contributed by atoms with Crippen LogP contribution in [0.15, 0.2) is 76.2 Å². The lowest BCUT2D eigenvalue weighted by Gasteiger charge is -2.23. The molecule has 0 saturated carbocycles. The Morgan fingerprint density at radius 2 is 1.78 bits per heavy atom. The van der Waals surface area contributed by atoms with E-state index in [2.05, 4.69) is 0 Å². The largest absolute Gasteiger partial charge is 0.497 e. The number of rotatable bonds is 10. The molecule has 0 radical (unpaired) electrons. The summed E-state index contributed by atoms with van der Waals surface area (Å²) < 4.78 is 43.2. The molecular weight excluding hydrogens is 432 g/mol. The van der Waals surface area contributed by atoms with Crippen LogP contribution in [-0.4, -0.2) is 53.6 Å². The SMILES string of the molecule is COCCN(Cc1ccco1)C(=O)c1cccc(S(=O)(=O)N(C)c2ccc(OC)cc2)c1. The van der Waals surface area contributed by atoms with Crippen molar-refractivity contribution >= 4 is 21.6 Å². The van der Waals surface area contributed by atoms with Crippen LogP contribution in [0.25, 0.3) is 0 Å². The molecule has 32 heavy (non-hydrogen) atoms. The highest BCUT2D eigenvalue weighted by Crippen LogP contribution is 2.25. The van der Waals surface area contributed by atoms with E-state index in [9.17, 15) is 13.2 Å². The summed E-state index contributed by atoms with van der Waals surface area (Å²) in [7, 11) is 0.679. The zero-order valence-corrected chi connectivity index (χ0v) is 19.0. The topological polar surface area (TPSA) is 89.3 Å². The molecule has 0 saturated heterocycles. The normalized spacial score (nSPS) is 11.2. The van der Waals surface area contributed by atoms with E-state index in [1.165, 1.54) is 29.7 Å². The summed E-state index contributed by atoms with van der Waals surface area (Å²) in [6.07, 6.45) is 1.54. The number of carbonyl (C=O) groups excluding carboxylic acids is 1. The van der Waals surface area contributed by atoms with E-state index in [1.807, 2.05) is 0 Å². The molecule has 0 fully saturated rings. The minimum Gasteiger partial charge on any atom is -0.497 e. The van der Waals surface area contributed by atoms with E-state index in [-0.39, 0.29) is 22.9 Å². The number of hydrogen-bond donors (Lipinski definition) is 0. The van der Waals surface area contributed by atoms with Crippen molar-refractivity contribution in [3.63, 3.8) is 0 Å². The Labute approximate surface area is 188 Å². The van der Waals surface area contributed by atoms with Crippen LogP contribution in [0.2, 0.25) is 0 Å². The smallest absolute Gasteiger partial charge is 0.264 e.